The number of alkyl halides is 3. The number of halogens is 3. The number of benzene rings is 1. The van der Waals surface area contributed by atoms with Crippen LogP contribution < -0.4 is 10.2 Å². The Morgan fingerprint density at radius 2 is 1.96 bits per heavy atom. The first-order valence-electron chi connectivity index (χ1n) is 6.71. The van der Waals surface area contributed by atoms with Crippen LogP contribution in [0.5, 0.6) is 11.5 Å². The summed E-state index contributed by atoms with van der Waals surface area (Å²) in [6.45, 7) is 1.24. The lowest BCUT2D eigenvalue weighted by Crippen LogP contribution is -2.17. The summed E-state index contributed by atoms with van der Waals surface area (Å²) in [5.74, 6) is -0.353. The topological polar surface area (TPSA) is 62.9 Å². The van der Waals surface area contributed by atoms with Crippen LogP contribution in [0, 0.1) is 0 Å². The van der Waals surface area contributed by atoms with Gasteiger partial charge in [-0.3, -0.25) is 9.69 Å². The van der Waals surface area contributed by atoms with Crippen LogP contribution in [0.3, 0.4) is 0 Å². The van der Waals surface area contributed by atoms with E-state index in [0.29, 0.717) is 25.4 Å². The van der Waals surface area contributed by atoms with E-state index in [4.69, 9.17) is 9.52 Å². The van der Waals surface area contributed by atoms with Crippen molar-refractivity contribution in [3.05, 3.63) is 57.6 Å². The Kier molecular flexibility index (Phi) is 3.77. The molecule has 0 spiro atoms. The molecule has 1 aromatic carbocycles. The van der Waals surface area contributed by atoms with E-state index in [1.54, 1.807) is 6.07 Å². The molecule has 5 nitrogen and oxygen atoms in total. The smallest absolute Gasteiger partial charge is 0.502 e. The highest BCUT2D eigenvalue weighted by molar-refractivity contribution is 5.38. The molecule has 23 heavy (non-hydrogen) atoms. The normalized spacial score (nSPS) is 14.7. The largest absolute Gasteiger partial charge is 0.573 e. The molecule has 0 aliphatic carbocycles. The first kappa shape index (κ1) is 15.4. The summed E-state index contributed by atoms with van der Waals surface area (Å²) in [6.07, 6.45) is -3.75. The highest BCUT2D eigenvalue weighted by Crippen LogP contribution is 2.30. The molecule has 0 bridgehead atoms. The van der Waals surface area contributed by atoms with Crippen molar-refractivity contribution >= 4 is 0 Å². The van der Waals surface area contributed by atoms with Gasteiger partial charge in [0, 0.05) is 19.2 Å². The van der Waals surface area contributed by atoms with Crippen LogP contribution in [0.25, 0.3) is 0 Å². The van der Waals surface area contributed by atoms with E-state index in [0.717, 1.165) is 17.4 Å². The van der Waals surface area contributed by atoms with E-state index in [1.165, 1.54) is 18.2 Å². The van der Waals surface area contributed by atoms with Gasteiger partial charge in [0.1, 0.15) is 17.8 Å². The van der Waals surface area contributed by atoms with Gasteiger partial charge in [-0.2, -0.15) is 0 Å². The van der Waals surface area contributed by atoms with Crippen LogP contribution in [-0.4, -0.2) is 16.4 Å². The Labute approximate surface area is 128 Å². The van der Waals surface area contributed by atoms with E-state index in [9.17, 15) is 18.0 Å². The van der Waals surface area contributed by atoms with Gasteiger partial charge in [-0.1, -0.05) is 6.07 Å². The molecule has 0 fully saturated rings. The van der Waals surface area contributed by atoms with Crippen molar-refractivity contribution < 1.29 is 27.4 Å². The molecule has 122 valence electrons. The number of nitrogens with zero attached hydrogens (tertiary/aromatic N) is 1. The predicted octanol–water partition coefficient (Wildman–Crippen LogP) is 2.76. The second kappa shape index (κ2) is 5.62. The van der Waals surface area contributed by atoms with Gasteiger partial charge in [-0.05, 0) is 23.3 Å². The number of ether oxygens (including phenoxy) is 1. The lowest BCUT2D eigenvalue weighted by Gasteiger charge is -2.13. The van der Waals surface area contributed by atoms with Crippen molar-refractivity contribution in [2.45, 2.75) is 26.0 Å². The van der Waals surface area contributed by atoms with Crippen LogP contribution in [0.2, 0.25) is 0 Å². The first-order valence-corrected chi connectivity index (χ1v) is 6.71. The van der Waals surface area contributed by atoms with Crippen molar-refractivity contribution in [2.24, 2.45) is 0 Å². The maximum absolute atomic E-state index is 12.2. The average Bonchev–Trinajstić information content (AvgIpc) is 2.82. The van der Waals surface area contributed by atoms with Crippen molar-refractivity contribution in [3.63, 3.8) is 0 Å². The molecule has 1 N–H and O–H groups in total. The number of hydrogen-bond acceptors (Lipinski definition) is 5. The minimum Gasteiger partial charge on any atom is -0.502 e. The van der Waals surface area contributed by atoms with Gasteiger partial charge in [0.25, 0.3) is 0 Å². The number of fused-ring (bicyclic) bond motifs is 1. The van der Waals surface area contributed by atoms with E-state index in [-0.39, 0.29) is 5.75 Å². The molecule has 0 saturated carbocycles. The maximum atomic E-state index is 12.2. The Morgan fingerprint density at radius 1 is 1.22 bits per heavy atom. The molecule has 1 aliphatic rings. The third-order valence-electron chi connectivity index (χ3n) is 3.45. The number of hydrogen-bond donors (Lipinski definition) is 1. The third-order valence-corrected chi connectivity index (χ3v) is 3.45. The lowest BCUT2D eigenvalue weighted by atomic mass is 10.1. The van der Waals surface area contributed by atoms with E-state index >= 15 is 0 Å². The molecule has 2 aromatic rings. The van der Waals surface area contributed by atoms with Crippen LogP contribution in [-0.2, 0) is 19.6 Å². The van der Waals surface area contributed by atoms with E-state index in [2.05, 4.69) is 4.74 Å². The highest BCUT2D eigenvalue weighted by atomic mass is 19.4. The molecule has 2 heterocycles. The molecule has 1 aromatic heterocycles. The van der Waals surface area contributed by atoms with Crippen molar-refractivity contribution in [1.29, 1.82) is 0 Å². The summed E-state index contributed by atoms with van der Waals surface area (Å²) in [7, 11) is 0. The van der Waals surface area contributed by atoms with Crippen LogP contribution in [0.4, 0.5) is 13.2 Å². The van der Waals surface area contributed by atoms with Crippen molar-refractivity contribution in [2.75, 3.05) is 0 Å². The van der Waals surface area contributed by atoms with Gasteiger partial charge in [-0.15, -0.1) is 13.2 Å². The van der Waals surface area contributed by atoms with Crippen LogP contribution in [0.1, 0.15) is 16.9 Å². The summed E-state index contributed by atoms with van der Waals surface area (Å²) < 4.78 is 45.7. The fraction of sp³-hybridized carbons (Fsp3) is 0.267. The molecule has 1 aliphatic heterocycles. The fourth-order valence-corrected chi connectivity index (χ4v) is 2.50. The predicted molar refractivity (Wildman–Crippen MR) is 72.7 cm³/mol. The average molecular weight is 327 g/mol. The molecule has 0 saturated heterocycles. The summed E-state index contributed by atoms with van der Waals surface area (Å²) in [4.78, 5) is 13.3. The molecule has 0 radical (unpaired) electrons. The minimum atomic E-state index is -4.72. The number of rotatable bonds is 3. The molecule has 0 unspecified atom stereocenters. The fourth-order valence-electron chi connectivity index (χ4n) is 2.50. The molecule has 8 heteroatoms. The molecule has 0 atom stereocenters. The van der Waals surface area contributed by atoms with Gasteiger partial charge in [0.15, 0.2) is 5.75 Å². The van der Waals surface area contributed by atoms with Crippen molar-refractivity contribution in [1.82, 2.24) is 4.90 Å². The zero-order valence-corrected chi connectivity index (χ0v) is 11.8. The second-order valence-corrected chi connectivity index (χ2v) is 5.22. The Morgan fingerprint density at radius 3 is 2.65 bits per heavy atom. The molecule has 3 rings (SSSR count). The number of aromatic hydroxyl groups is 1. The summed E-state index contributed by atoms with van der Waals surface area (Å²) >= 11 is 0. The van der Waals surface area contributed by atoms with Crippen LogP contribution >= 0.6 is 0 Å². The van der Waals surface area contributed by atoms with Gasteiger partial charge >= 0.3 is 6.36 Å². The Bertz CT molecular complexity index is 785. The Hall–Kier alpha value is -2.48. The highest BCUT2D eigenvalue weighted by Gasteiger charge is 2.31. The van der Waals surface area contributed by atoms with E-state index in [1.807, 2.05) is 4.90 Å². The van der Waals surface area contributed by atoms with E-state index < -0.39 is 17.5 Å². The summed E-state index contributed by atoms with van der Waals surface area (Å²) in [5.41, 5.74) is 1.08. The summed E-state index contributed by atoms with van der Waals surface area (Å²) in [6, 6.07) is 5.41. The van der Waals surface area contributed by atoms with Gasteiger partial charge in [-0.25, -0.2) is 0 Å². The zero-order chi connectivity index (χ0) is 16.6. The monoisotopic (exact) mass is 327 g/mol. The lowest BCUT2D eigenvalue weighted by molar-refractivity contribution is -0.274. The van der Waals surface area contributed by atoms with Gasteiger partial charge in [0.2, 0.25) is 5.43 Å². The quantitative estimate of drug-likeness (QED) is 0.939. The van der Waals surface area contributed by atoms with Gasteiger partial charge in [0.05, 0.1) is 6.54 Å². The zero-order valence-electron chi connectivity index (χ0n) is 11.8. The second-order valence-electron chi connectivity index (χ2n) is 5.22. The SMILES string of the molecule is O=c1cc(CN2Cc3ccc(OC(F)(F)F)cc3C2)occ1O. The van der Waals surface area contributed by atoms with Crippen molar-refractivity contribution in [3.8, 4) is 11.5 Å². The Balaban J connectivity index is 1.71. The third kappa shape index (κ3) is 3.65. The molecule has 0 amide bonds. The summed E-state index contributed by atoms with van der Waals surface area (Å²) in [5, 5.41) is 9.14. The standard InChI is InChI=1S/C15H12F3NO4/c16-15(17,18)23-11-2-1-9-5-19(6-10(9)3-11)7-12-4-13(20)14(21)8-22-12/h1-4,8,21H,5-7H2. The molecular weight excluding hydrogens is 315 g/mol. The minimum absolute atomic E-state index is 0.255. The maximum Gasteiger partial charge on any atom is 0.573 e. The van der Waals surface area contributed by atoms with Gasteiger partial charge < -0.3 is 14.3 Å². The van der Waals surface area contributed by atoms with Crippen LogP contribution in [0.15, 0.2) is 39.7 Å². The molecular formula is C15H12F3NO4. The first-order chi connectivity index (χ1) is 10.8.